The number of halogens is 1. The van der Waals surface area contributed by atoms with Gasteiger partial charge in [0.2, 0.25) is 5.91 Å². The predicted molar refractivity (Wildman–Crippen MR) is 116 cm³/mol. The van der Waals surface area contributed by atoms with Crippen molar-refractivity contribution in [3.63, 3.8) is 0 Å². The minimum atomic E-state index is -0.219. The van der Waals surface area contributed by atoms with E-state index in [0.29, 0.717) is 28.0 Å². The van der Waals surface area contributed by atoms with E-state index >= 15 is 0 Å². The smallest absolute Gasteiger partial charge is 0.321 e. The van der Waals surface area contributed by atoms with Crippen molar-refractivity contribution < 1.29 is 14.3 Å². The number of rotatable bonds is 7. The minimum Gasteiger partial charge on any atom is -0.495 e. The Morgan fingerprint density at radius 2 is 2.03 bits per heavy atom. The zero-order chi connectivity index (χ0) is 20.6. The van der Waals surface area contributed by atoms with Gasteiger partial charge in [-0.25, -0.2) is 9.78 Å². The van der Waals surface area contributed by atoms with Crippen molar-refractivity contribution in [3.8, 4) is 5.75 Å². The number of aryl methyl sites for hydroxylation is 1. The van der Waals surface area contributed by atoms with Crippen LogP contribution in [0.3, 0.4) is 0 Å². The van der Waals surface area contributed by atoms with Gasteiger partial charge < -0.3 is 15.4 Å². The van der Waals surface area contributed by atoms with E-state index < -0.39 is 0 Å². The van der Waals surface area contributed by atoms with E-state index in [9.17, 15) is 9.59 Å². The zero-order valence-corrected chi connectivity index (χ0v) is 17.9. The van der Waals surface area contributed by atoms with E-state index in [1.54, 1.807) is 18.2 Å². The number of nitrogens with zero attached hydrogens (tertiary/aromatic N) is 1. The molecule has 0 unspecified atom stereocenters. The first-order valence-corrected chi connectivity index (χ1v) is 10.9. The number of anilines is 2. The summed E-state index contributed by atoms with van der Waals surface area (Å²) in [6.07, 6.45) is 6.36. The molecule has 3 N–H and O–H groups in total. The molecule has 1 fully saturated rings. The Bertz CT molecular complexity index is 852. The van der Waals surface area contributed by atoms with E-state index in [2.05, 4.69) is 20.9 Å². The molecule has 1 aromatic heterocycles. The highest BCUT2D eigenvalue weighted by Gasteiger charge is 2.16. The Labute approximate surface area is 179 Å². The normalized spacial score (nSPS) is 14.3. The van der Waals surface area contributed by atoms with Gasteiger partial charge in [-0.3, -0.25) is 10.1 Å². The molecule has 1 aliphatic carbocycles. The number of urea groups is 1. The number of ether oxygens (including phenoxy) is 1. The number of hydrogen-bond donors (Lipinski definition) is 3. The maximum Gasteiger partial charge on any atom is 0.321 e. The third-order valence-corrected chi connectivity index (χ3v) is 5.80. The molecule has 1 aromatic carbocycles. The van der Waals surface area contributed by atoms with Gasteiger partial charge in [-0.1, -0.05) is 30.9 Å². The molecule has 156 valence electrons. The van der Waals surface area contributed by atoms with Crippen LogP contribution in [-0.2, 0) is 11.2 Å². The van der Waals surface area contributed by atoms with Crippen LogP contribution in [0, 0.1) is 0 Å². The van der Waals surface area contributed by atoms with E-state index in [1.807, 2.05) is 5.38 Å². The van der Waals surface area contributed by atoms with Crippen LogP contribution in [0.25, 0.3) is 0 Å². The lowest BCUT2D eigenvalue weighted by Crippen LogP contribution is -2.38. The number of hydrogen-bond acceptors (Lipinski definition) is 5. The number of amides is 3. The van der Waals surface area contributed by atoms with E-state index in [1.165, 1.54) is 24.9 Å². The molecule has 0 spiro atoms. The summed E-state index contributed by atoms with van der Waals surface area (Å²) in [7, 11) is 1.53. The van der Waals surface area contributed by atoms with Crippen molar-refractivity contribution in [3.05, 3.63) is 34.3 Å². The summed E-state index contributed by atoms with van der Waals surface area (Å²) >= 11 is 7.33. The number of thiazole rings is 1. The largest absolute Gasteiger partial charge is 0.495 e. The van der Waals surface area contributed by atoms with Crippen LogP contribution in [0.4, 0.5) is 15.6 Å². The molecule has 1 aliphatic rings. The standard InChI is InChI=1S/C20H25ClN4O3S/c1-28-17-9-7-13(21)11-16(17)24-18(26)10-8-15-12-29-20(23-15)25-19(27)22-14-5-3-2-4-6-14/h7,9,11-12,14H,2-6,8,10H2,1H3,(H,24,26)(H2,22,23,25,27). The number of aromatic nitrogens is 1. The number of carbonyl (C=O) groups excluding carboxylic acids is 2. The molecule has 1 saturated carbocycles. The van der Waals surface area contributed by atoms with Crippen LogP contribution < -0.4 is 20.7 Å². The second-order valence-corrected chi connectivity index (χ2v) is 8.26. The minimum absolute atomic E-state index is 0.164. The Morgan fingerprint density at radius 3 is 2.79 bits per heavy atom. The fraction of sp³-hybridized carbons (Fsp3) is 0.450. The molecule has 0 atom stereocenters. The highest BCUT2D eigenvalue weighted by atomic mass is 35.5. The third kappa shape index (κ3) is 6.61. The molecule has 29 heavy (non-hydrogen) atoms. The molecular formula is C20H25ClN4O3S. The quantitative estimate of drug-likeness (QED) is 0.579. The van der Waals surface area contributed by atoms with Crippen molar-refractivity contribution >= 4 is 45.7 Å². The first-order chi connectivity index (χ1) is 14.0. The Hall–Kier alpha value is -2.32. The second kappa shape index (κ2) is 10.5. The predicted octanol–water partition coefficient (Wildman–Crippen LogP) is 4.83. The fourth-order valence-electron chi connectivity index (χ4n) is 3.28. The highest BCUT2D eigenvalue weighted by Crippen LogP contribution is 2.28. The van der Waals surface area contributed by atoms with E-state index in [0.717, 1.165) is 31.4 Å². The SMILES string of the molecule is COc1ccc(Cl)cc1NC(=O)CCc1csc(NC(=O)NC2CCCCC2)n1. The first-order valence-electron chi connectivity index (χ1n) is 9.69. The molecule has 1 heterocycles. The van der Waals surface area contributed by atoms with Crippen LogP contribution in [0.1, 0.15) is 44.2 Å². The molecule has 0 aliphatic heterocycles. The number of methoxy groups -OCH3 is 1. The topological polar surface area (TPSA) is 92.4 Å². The van der Waals surface area contributed by atoms with Gasteiger partial charge in [0.1, 0.15) is 5.75 Å². The van der Waals surface area contributed by atoms with Gasteiger partial charge in [0.15, 0.2) is 5.13 Å². The Morgan fingerprint density at radius 1 is 1.24 bits per heavy atom. The van der Waals surface area contributed by atoms with Gasteiger partial charge in [-0.15, -0.1) is 11.3 Å². The molecular weight excluding hydrogens is 412 g/mol. The van der Waals surface area contributed by atoms with Gasteiger partial charge in [0.05, 0.1) is 18.5 Å². The van der Waals surface area contributed by atoms with Gasteiger partial charge in [-0.2, -0.15) is 0 Å². The molecule has 3 amide bonds. The monoisotopic (exact) mass is 436 g/mol. The zero-order valence-electron chi connectivity index (χ0n) is 16.3. The van der Waals surface area contributed by atoms with Crippen molar-refractivity contribution in [1.29, 1.82) is 0 Å². The molecule has 0 radical (unpaired) electrons. The molecule has 0 saturated heterocycles. The lowest BCUT2D eigenvalue weighted by atomic mass is 9.96. The Kier molecular flexibility index (Phi) is 7.71. The summed E-state index contributed by atoms with van der Waals surface area (Å²) in [6.45, 7) is 0. The molecule has 9 heteroatoms. The third-order valence-electron chi connectivity index (χ3n) is 4.76. The van der Waals surface area contributed by atoms with E-state index in [-0.39, 0.29) is 24.4 Å². The van der Waals surface area contributed by atoms with Crippen LogP contribution >= 0.6 is 22.9 Å². The average molecular weight is 437 g/mol. The van der Waals surface area contributed by atoms with E-state index in [4.69, 9.17) is 16.3 Å². The van der Waals surface area contributed by atoms with Crippen LogP contribution in [-0.4, -0.2) is 30.1 Å². The van der Waals surface area contributed by atoms with Crippen LogP contribution in [0.2, 0.25) is 5.02 Å². The van der Waals surface area contributed by atoms with Crippen molar-refractivity contribution in [2.45, 2.75) is 51.0 Å². The second-order valence-electron chi connectivity index (χ2n) is 6.97. The van der Waals surface area contributed by atoms with Crippen molar-refractivity contribution in [1.82, 2.24) is 10.3 Å². The van der Waals surface area contributed by atoms with Gasteiger partial charge in [-0.05, 0) is 37.5 Å². The number of benzene rings is 1. The van der Waals surface area contributed by atoms with Gasteiger partial charge >= 0.3 is 6.03 Å². The Balaban J connectivity index is 1.45. The van der Waals surface area contributed by atoms with Crippen molar-refractivity contribution in [2.24, 2.45) is 0 Å². The number of nitrogens with one attached hydrogen (secondary N) is 3. The lowest BCUT2D eigenvalue weighted by molar-refractivity contribution is -0.116. The summed E-state index contributed by atoms with van der Waals surface area (Å²) in [6, 6.07) is 5.08. The fourth-order valence-corrected chi connectivity index (χ4v) is 4.19. The van der Waals surface area contributed by atoms with Gasteiger partial charge in [0, 0.05) is 22.9 Å². The summed E-state index contributed by atoms with van der Waals surface area (Å²) in [4.78, 5) is 28.8. The summed E-state index contributed by atoms with van der Waals surface area (Å²) < 4.78 is 5.23. The summed E-state index contributed by atoms with van der Waals surface area (Å²) in [5.74, 6) is 0.384. The first kappa shape index (κ1) is 21.4. The summed E-state index contributed by atoms with van der Waals surface area (Å²) in [5, 5.41) is 11.5. The molecule has 2 aromatic rings. The maximum atomic E-state index is 12.3. The summed E-state index contributed by atoms with van der Waals surface area (Å²) in [5.41, 5.74) is 1.29. The van der Waals surface area contributed by atoms with Crippen LogP contribution in [0.5, 0.6) is 5.75 Å². The lowest BCUT2D eigenvalue weighted by Gasteiger charge is -2.22. The molecule has 3 rings (SSSR count). The molecule has 7 nitrogen and oxygen atoms in total. The molecule has 0 bridgehead atoms. The van der Waals surface area contributed by atoms with Crippen LogP contribution in [0.15, 0.2) is 23.6 Å². The maximum absolute atomic E-state index is 12.3. The number of carbonyl (C=O) groups is 2. The van der Waals surface area contributed by atoms with Gasteiger partial charge in [0.25, 0.3) is 0 Å². The van der Waals surface area contributed by atoms with Crippen molar-refractivity contribution in [2.75, 3.05) is 17.7 Å². The average Bonchev–Trinajstić information content (AvgIpc) is 3.14. The highest BCUT2D eigenvalue weighted by molar-refractivity contribution is 7.13.